The lowest BCUT2D eigenvalue weighted by molar-refractivity contribution is -0.137. The second kappa shape index (κ2) is 8.73. The van der Waals surface area contributed by atoms with E-state index < -0.39 is 34.6 Å². The Balaban J connectivity index is 1.80. The Kier molecular flexibility index (Phi) is 6.09. The molecule has 0 atom stereocenters. The Morgan fingerprint density at radius 2 is 1.82 bits per heavy atom. The van der Waals surface area contributed by atoms with Gasteiger partial charge in [-0.05, 0) is 42.5 Å². The minimum Gasteiger partial charge on any atom is -0.321 e. The molecular weight excluding hydrogens is 497 g/mol. The van der Waals surface area contributed by atoms with E-state index in [2.05, 4.69) is 10.3 Å². The van der Waals surface area contributed by atoms with Crippen molar-refractivity contribution in [3.63, 3.8) is 0 Å². The molecule has 174 valence electrons. The van der Waals surface area contributed by atoms with Gasteiger partial charge in [0.1, 0.15) is 5.82 Å². The molecule has 0 radical (unpaired) electrons. The van der Waals surface area contributed by atoms with Crippen molar-refractivity contribution in [2.45, 2.75) is 6.18 Å². The van der Waals surface area contributed by atoms with Crippen LogP contribution in [0.1, 0.15) is 15.9 Å². The van der Waals surface area contributed by atoms with Crippen LogP contribution in [0.3, 0.4) is 0 Å². The Bertz CT molecular complexity index is 1520. The van der Waals surface area contributed by atoms with Gasteiger partial charge in [-0.25, -0.2) is 4.39 Å². The van der Waals surface area contributed by atoms with Crippen LogP contribution in [0.4, 0.5) is 23.2 Å². The first-order valence-electron chi connectivity index (χ1n) is 9.59. The van der Waals surface area contributed by atoms with Crippen LogP contribution in [0.25, 0.3) is 22.0 Å². The SMILES string of the molecule is Cn1c(=O)c(-c2c(Cl)ccc(NC(=O)c3cc(C(F)(F)F)ccc3F)c2Cl)cc2cnccc21. The number of amides is 1. The number of aromatic nitrogens is 2. The van der Waals surface area contributed by atoms with Gasteiger partial charge >= 0.3 is 6.18 Å². The summed E-state index contributed by atoms with van der Waals surface area (Å²) in [5.74, 6) is -2.30. The Labute approximate surface area is 199 Å². The van der Waals surface area contributed by atoms with Gasteiger partial charge < -0.3 is 9.88 Å². The van der Waals surface area contributed by atoms with E-state index in [1.807, 2.05) is 0 Å². The predicted molar refractivity (Wildman–Crippen MR) is 122 cm³/mol. The highest BCUT2D eigenvalue weighted by molar-refractivity contribution is 6.41. The van der Waals surface area contributed by atoms with E-state index in [-0.39, 0.29) is 26.9 Å². The molecule has 0 unspecified atom stereocenters. The summed E-state index contributed by atoms with van der Waals surface area (Å²) in [7, 11) is 1.55. The lowest BCUT2D eigenvalue weighted by Gasteiger charge is -2.15. The minimum atomic E-state index is -4.77. The van der Waals surface area contributed by atoms with Crippen LogP contribution in [0.2, 0.25) is 10.0 Å². The largest absolute Gasteiger partial charge is 0.416 e. The second-order valence-corrected chi connectivity index (χ2v) is 8.07. The van der Waals surface area contributed by atoms with E-state index >= 15 is 0 Å². The number of anilines is 1. The van der Waals surface area contributed by atoms with Crippen molar-refractivity contribution in [1.82, 2.24) is 9.55 Å². The Morgan fingerprint density at radius 1 is 1.09 bits per heavy atom. The molecule has 0 saturated carbocycles. The number of carbonyl (C=O) groups is 1. The van der Waals surface area contributed by atoms with Crippen LogP contribution in [0.5, 0.6) is 0 Å². The topological polar surface area (TPSA) is 64.0 Å². The van der Waals surface area contributed by atoms with Gasteiger partial charge in [-0.2, -0.15) is 13.2 Å². The number of hydrogen-bond donors (Lipinski definition) is 1. The molecule has 0 aliphatic rings. The molecule has 2 aromatic heterocycles. The number of alkyl halides is 3. The number of nitrogens with zero attached hydrogens (tertiary/aromatic N) is 2. The number of fused-ring (bicyclic) bond motifs is 1. The summed E-state index contributed by atoms with van der Waals surface area (Å²) in [5, 5.41) is 2.86. The molecule has 0 aliphatic carbocycles. The summed E-state index contributed by atoms with van der Waals surface area (Å²) in [6, 6.07) is 7.34. The van der Waals surface area contributed by atoms with Gasteiger partial charge in [0.2, 0.25) is 0 Å². The molecule has 11 heteroatoms. The number of hydrogen-bond acceptors (Lipinski definition) is 3. The van der Waals surface area contributed by atoms with Crippen molar-refractivity contribution in [3.8, 4) is 11.1 Å². The average molecular weight is 510 g/mol. The Morgan fingerprint density at radius 3 is 2.53 bits per heavy atom. The fraction of sp³-hybridized carbons (Fsp3) is 0.0870. The zero-order chi connectivity index (χ0) is 24.8. The van der Waals surface area contributed by atoms with E-state index in [1.54, 1.807) is 19.3 Å². The fourth-order valence-electron chi connectivity index (χ4n) is 3.46. The van der Waals surface area contributed by atoms with Crippen molar-refractivity contribution < 1.29 is 22.4 Å². The third kappa shape index (κ3) is 4.24. The fourth-order valence-corrected chi connectivity index (χ4v) is 4.09. The van der Waals surface area contributed by atoms with E-state index in [0.717, 1.165) is 0 Å². The maximum Gasteiger partial charge on any atom is 0.416 e. The summed E-state index contributed by atoms with van der Waals surface area (Å²) < 4.78 is 54.5. The summed E-state index contributed by atoms with van der Waals surface area (Å²) in [6.07, 6.45) is -1.69. The summed E-state index contributed by atoms with van der Waals surface area (Å²) >= 11 is 12.8. The molecule has 0 saturated heterocycles. The lowest BCUT2D eigenvalue weighted by Crippen LogP contribution is -2.20. The van der Waals surface area contributed by atoms with Crippen molar-refractivity contribution in [2.24, 2.45) is 7.05 Å². The molecule has 34 heavy (non-hydrogen) atoms. The number of carbonyl (C=O) groups excluding carboxylic acids is 1. The molecular formula is C23H13Cl2F4N3O2. The van der Waals surface area contributed by atoms with Gasteiger partial charge in [0.15, 0.2) is 0 Å². The van der Waals surface area contributed by atoms with Gasteiger partial charge in [0.05, 0.1) is 37.9 Å². The van der Waals surface area contributed by atoms with E-state index in [0.29, 0.717) is 29.1 Å². The first kappa shape index (κ1) is 23.7. The van der Waals surface area contributed by atoms with Crippen LogP contribution in [-0.2, 0) is 13.2 Å². The zero-order valence-corrected chi connectivity index (χ0v) is 18.7. The molecule has 1 amide bonds. The zero-order valence-electron chi connectivity index (χ0n) is 17.2. The van der Waals surface area contributed by atoms with Gasteiger partial charge in [0, 0.05) is 30.4 Å². The first-order chi connectivity index (χ1) is 16.0. The maximum atomic E-state index is 14.1. The van der Waals surface area contributed by atoms with Crippen molar-refractivity contribution in [3.05, 3.63) is 92.2 Å². The molecule has 2 heterocycles. The standard InChI is InChI=1S/C23H13Cl2F4N3O2/c1-32-18-6-7-30-10-11(18)8-14(22(32)34)19-15(24)3-5-17(20(19)25)31-21(33)13-9-12(23(27,28)29)2-4-16(13)26/h2-10H,1H3,(H,31,33). The van der Waals surface area contributed by atoms with Crippen LogP contribution >= 0.6 is 23.2 Å². The monoisotopic (exact) mass is 509 g/mol. The molecule has 0 fully saturated rings. The minimum absolute atomic E-state index is 0.0729. The third-order valence-corrected chi connectivity index (χ3v) is 5.88. The molecule has 0 aliphatic heterocycles. The van der Waals surface area contributed by atoms with Gasteiger partial charge in [-0.3, -0.25) is 14.6 Å². The van der Waals surface area contributed by atoms with Crippen molar-refractivity contribution in [1.29, 1.82) is 0 Å². The highest BCUT2D eigenvalue weighted by Crippen LogP contribution is 2.39. The lowest BCUT2D eigenvalue weighted by atomic mass is 10.0. The Hall–Kier alpha value is -3.43. The van der Waals surface area contributed by atoms with Gasteiger partial charge in [-0.1, -0.05) is 23.2 Å². The van der Waals surface area contributed by atoms with Crippen LogP contribution in [0.15, 0.2) is 59.7 Å². The number of benzene rings is 2. The molecule has 5 nitrogen and oxygen atoms in total. The highest BCUT2D eigenvalue weighted by atomic mass is 35.5. The summed E-state index contributed by atoms with van der Waals surface area (Å²) in [4.78, 5) is 29.6. The maximum absolute atomic E-state index is 14.1. The molecule has 4 rings (SSSR count). The van der Waals surface area contributed by atoms with Gasteiger partial charge in [0.25, 0.3) is 11.5 Å². The first-order valence-corrected chi connectivity index (χ1v) is 10.3. The smallest absolute Gasteiger partial charge is 0.321 e. The van der Waals surface area contributed by atoms with E-state index in [4.69, 9.17) is 23.2 Å². The predicted octanol–water partition coefficient (Wildman–Crippen LogP) is 6.32. The normalized spacial score (nSPS) is 11.6. The third-order valence-electron chi connectivity index (χ3n) is 5.17. The number of halogens is 6. The molecule has 0 bridgehead atoms. The van der Waals surface area contributed by atoms with Crippen LogP contribution in [0, 0.1) is 5.82 Å². The van der Waals surface area contributed by atoms with Crippen LogP contribution in [-0.4, -0.2) is 15.5 Å². The molecule has 2 aromatic carbocycles. The highest BCUT2D eigenvalue weighted by Gasteiger charge is 2.32. The average Bonchev–Trinajstić information content (AvgIpc) is 2.78. The summed E-state index contributed by atoms with van der Waals surface area (Å²) in [6.45, 7) is 0. The van der Waals surface area contributed by atoms with Crippen LogP contribution < -0.4 is 10.9 Å². The number of aryl methyl sites for hydroxylation is 1. The molecule has 4 aromatic rings. The second-order valence-electron chi connectivity index (χ2n) is 7.29. The van der Waals surface area contributed by atoms with E-state index in [9.17, 15) is 27.2 Å². The van der Waals surface area contributed by atoms with Crippen molar-refractivity contribution in [2.75, 3.05) is 5.32 Å². The van der Waals surface area contributed by atoms with E-state index in [1.165, 1.54) is 29.0 Å². The number of rotatable bonds is 3. The number of nitrogens with one attached hydrogen (secondary N) is 1. The van der Waals surface area contributed by atoms with Crippen molar-refractivity contribution >= 4 is 45.7 Å². The summed E-state index contributed by atoms with van der Waals surface area (Å²) in [5.41, 5.74) is -1.70. The quantitative estimate of drug-likeness (QED) is 0.329. The number of pyridine rings is 2. The van der Waals surface area contributed by atoms with Gasteiger partial charge in [-0.15, -0.1) is 0 Å². The molecule has 1 N–H and O–H groups in total. The molecule has 0 spiro atoms.